The van der Waals surface area contributed by atoms with Crippen LogP contribution in [0.25, 0.3) is 0 Å². The average Bonchev–Trinajstić information content (AvgIpc) is 3.44. The fourth-order valence-electron chi connectivity index (χ4n) is 6.15. The third kappa shape index (κ3) is 5.41. The van der Waals surface area contributed by atoms with Crippen LogP contribution in [0.5, 0.6) is 0 Å². The monoisotopic (exact) mass is 546 g/mol. The molecule has 2 saturated carbocycles. The normalized spacial score (nSPS) is 26.8. The summed E-state index contributed by atoms with van der Waals surface area (Å²) in [5.74, 6) is -2.03. The highest BCUT2D eigenvalue weighted by molar-refractivity contribution is 6.28. The molecule has 13 heteroatoms. The van der Waals surface area contributed by atoms with E-state index in [2.05, 4.69) is 37.4 Å². The Hall–Kier alpha value is -3.38. The summed E-state index contributed by atoms with van der Waals surface area (Å²) in [5.41, 5.74) is 14.1. The van der Waals surface area contributed by atoms with Crippen molar-refractivity contribution in [3.05, 3.63) is 41.1 Å². The van der Waals surface area contributed by atoms with Crippen molar-refractivity contribution in [2.45, 2.75) is 31.5 Å². The molecular weight excluding hydrogens is 515 g/mol. The van der Waals surface area contributed by atoms with Gasteiger partial charge in [0.25, 0.3) is 0 Å². The zero-order valence-corrected chi connectivity index (χ0v) is 21.8. The number of halogens is 2. The largest absolute Gasteiger partial charge is 0.445 e. The number of carbonyl (C=O) groups is 2. The van der Waals surface area contributed by atoms with E-state index in [1.54, 1.807) is 0 Å². The standard InChI is InChI=1S/C25H32ClFN8O3/c1-34-4-6-35(7-5-34)19-3-2-15(28)8-14(19)12-38-25(37)31-18-10-13-9-16(18)21(20(13)22(29)36)32-23-17(27)11-30-24(26)33-23/h2-3,8,11,13,16,18,20-21H,4-7,9-10,12,28H2,1H3,(H2,29,36)(H,31,37)(H,30,32,33)/t13-,16+,18+,20-,21+/m0/s1. The van der Waals surface area contributed by atoms with Gasteiger partial charge in [-0.15, -0.1) is 0 Å². The van der Waals surface area contributed by atoms with Crippen LogP contribution in [-0.2, 0) is 16.1 Å². The summed E-state index contributed by atoms with van der Waals surface area (Å²) in [6.45, 7) is 3.70. The van der Waals surface area contributed by atoms with Crippen molar-refractivity contribution >= 4 is 40.8 Å². The van der Waals surface area contributed by atoms with Gasteiger partial charge in [-0.1, -0.05) is 0 Å². The van der Waals surface area contributed by atoms with Gasteiger partial charge < -0.3 is 36.6 Å². The van der Waals surface area contributed by atoms with E-state index in [0.717, 1.165) is 43.6 Å². The van der Waals surface area contributed by atoms with Gasteiger partial charge >= 0.3 is 6.09 Å². The number of alkyl carbamates (subject to hydrolysis) is 1. The quantitative estimate of drug-likeness (QED) is 0.301. The zero-order chi connectivity index (χ0) is 27.0. The van der Waals surface area contributed by atoms with E-state index < -0.39 is 29.8 Å². The lowest BCUT2D eigenvalue weighted by Crippen LogP contribution is -2.51. The Labute approximate surface area is 225 Å². The highest BCUT2D eigenvalue weighted by Crippen LogP contribution is 2.49. The van der Waals surface area contributed by atoms with Crippen LogP contribution in [0.3, 0.4) is 0 Å². The van der Waals surface area contributed by atoms with E-state index in [1.807, 2.05) is 18.2 Å². The highest BCUT2D eigenvalue weighted by atomic mass is 35.5. The Morgan fingerprint density at radius 3 is 2.74 bits per heavy atom. The molecule has 5 atom stereocenters. The molecular formula is C25H32ClFN8O3. The predicted molar refractivity (Wildman–Crippen MR) is 141 cm³/mol. The molecule has 2 aliphatic carbocycles. The van der Waals surface area contributed by atoms with Gasteiger partial charge in [0.05, 0.1) is 12.1 Å². The number of nitrogens with one attached hydrogen (secondary N) is 2. The first kappa shape index (κ1) is 26.2. The zero-order valence-electron chi connectivity index (χ0n) is 21.1. The summed E-state index contributed by atoms with van der Waals surface area (Å²) in [4.78, 5) is 37.2. The third-order valence-corrected chi connectivity index (χ3v) is 8.14. The second-order valence-corrected chi connectivity index (χ2v) is 10.7. The highest BCUT2D eigenvalue weighted by Gasteiger charge is 2.55. The lowest BCUT2D eigenvalue weighted by molar-refractivity contribution is -0.123. The van der Waals surface area contributed by atoms with Crippen molar-refractivity contribution in [3.63, 3.8) is 0 Å². The second-order valence-electron chi connectivity index (χ2n) is 10.3. The summed E-state index contributed by atoms with van der Waals surface area (Å²) >= 11 is 5.83. The Balaban J connectivity index is 1.24. The van der Waals surface area contributed by atoms with Crippen LogP contribution in [0.15, 0.2) is 24.4 Å². The van der Waals surface area contributed by atoms with Gasteiger partial charge in [0.1, 0.15) is 6.61 Å². The van der Waals surface area contributed by atoms with Crippen molar-refractivity contribution < 1.29 is 18.7 Å². The number of nitrogens with zero attached hydrogens (tertiary/aromatic N) is 4. The van der Waals surface area contributed by atoms with Gasteiger partial charge in [-0.2, -0.15) is 4.98 Å². The van der Waals surface area contributed by atoms with Gasteiger partial charge in [0, 0.05) is 61.1 Å². The molecule has 1 aromatic heterocycles. The summed E-state index contributed by atoms with van der Waals surface area (Å²) in [6.07, 6.45) is 1.62. The van der Waals surface area contributed by atoms with Crippen molar-refractivity contribution in [2.24, 2.45) is 23.5 Å². The number of hydrogen-bond donors (Lipinski definition) is 4. The lowest BCUT2D eigenvalue weighted by atomic mass is 9.81. The molecule has 11 nitrogen and oxygen atoms in total. The number of likely N-dealkylation sites (N-methyl/N-ethyl adjacent to an activating group) is 1. The van der Waals surface area contributed by atoms with E-state index in [1.165, 1.54) is 0 Å². The number of amides is 2. The number of primary amides is 1. The first-order chi connectivity index (χ1) is 18.2. The Bertz CT molecular complexity index is 1210. The summed E-state index contributed by atoms with van der Waals surface area (Å²) in [6, 6.07) is 4.85. The fourth-order valence-corrected chi connectivity index (χ4v) is 6.28. The van der Waals surface area contributed by atoms with E-state index in [0.29, 0.717) is 18.5 Å². The maximum absolute atomic E-state index is 14.3. The number of piperazine rings is 1. The van der Waals surface area contributed by atoms with Crippen LogP contribution < -0.4 is 27.0 Å². The molecule has 38 heavy (non-hydrogen) atoms. The van der Waals surface area contributed by atoms with Gasteiger partial charge in [-0.3, -0.25) is 4.79 Å². The smallest absolute Gasteiger partial charge is 0.407 e. The van der Waals surface area contributed by atoms with Crippen LogP contribution in [0.1, 0.15) is 18.4 Å². The Morgan fingerprint density at radius 2 is 2.00 bits per heavy atom. The molecule has 0 radical (unpaired) electrons. The molecule has 204 valence electrons. The number of carbonyl (C=O) groups excluding carboxylic acids is 2. The van der Waals surface area contributed by atoms with E-state index in [9.17, 15) is 14.0 Å². The van der Waals surface area contributed by atoms with Gasteiger partial charge in [0.2, 0.25) is 11.2 Å². The molecule has 2 aromatic rings. The minimum absolute atomic E-state index is 0.0570. The Morgan fingerprint density at radius 1 is 1.24 bits per heavy atom. The molecule has 1 saturated heterocycles. The first-order valence-electron chi connectivity index (χ1n) is 12.7. The number of nitrogens with two attached hydrogens (primary N) is 2. The van der Waals surface area contributed by atoms with Gasteiger partial charge in [-0.05, 0) is 55.6 Å². The molecule has 2 heterocycles. The minimum atomic E-state index is -0.692. The van der Waals surface area contributed by atoms with Crippen LogP contribution in [-0.4, -0.2) is 72.2 Å². The average molecular weight is 547 g/mol. The Kier molecular flexibility index (Phi) is 7.44. The van der Waals surface area contributed by atoms with Crippen molar-refractivity contribution in [1.29, 1.82) is 0 Å². The number of benzene rings is 1. The number of hydrogen-bond acceptors (Lipinski definition) is 9. The predicted octanol–water partition coefficient (Wildman–Crippen LogP) is 1.82. The SMILES string of the molecule is CN1CCN(c2ccc(N)cc2COC(=O)N[C@@H]2C[C@@H]3C[C@H]2[C@@H](Nc2nc(Cl)ncc2F)[C@H]3C(N)=O)CC1. The van der Waals surface area contributed by atoms with Crippen LogP contribution >= 0.6 is 11.6 Å². The minimum Gasteiger partial charge on any atom is -0.445 e. The topological polar surface area (TPSA) is 152 Å². The third-order valence-electron chi connectivity index (χ3n) is 7.96. The van der Waals surface area contributed by atoms with Crippen molar-refractivity contribution in [3.8, 4) is 0 Å². The molecule has 3 aliphatic rings. The first-order valence-corrected chi connectivity index (χ1v) is 13.1. The molecule has 2 bridgehead atoms. The van der Waals surface area contributed by atoms with E-state index >= 15 is 0 Å². The van der Waals surface area contributed by atoms with Gasteiger partial charge in [0.15, 0.2) is 11.6 Å². The lowest BCUT2D eigenvalue weighted by Gasteiger charge is -2.35. The van der Waals surface area contributed by atoms with Crippen molar-refractivity contribution in [2.75, 3.05) is 49.2 Å². The van der Waals surface area contributed by atoms with Crippen LogP contribution in [0, 0.1) is 23.6 Å². The number of rotatable bonds is 7. The number of anilines is 3. The molecule has 5 rings (SSSR count). The number of ether oxygens (including phenoxy) is 1. The molecule has 0 spiro atoms. The molecule has 1 aliphatic heterocycles. The summed E-state index contributed by atoms with van der Waals surface area (Å²) in [5, 5.41) is 5.82. The molecule has 2 amide bonds. The molecule has 3 fully saturated rings. The second kappa shape index (κ2) is 10.8. The molecule has 6 N–H and O–H groups in total. The van der Waals surface area contributed by atoms with Gasteiger partial charge in [-0.25, -0.2) is 14.2 Å². The number of aromatic nitrogens is 2. The number of fused-ring (bicyclic) bond motifs is 2. The maximum atomic E-state index is 14.3. The van der Waals surface area contributed by atoms with Crippen LogP contribution in [0.4, 0.5) is 26.4 Å². The number of nitrogen functional groups attached to an aromatic ring is 1. The van der Waals surface area contributed by atoms with Crippen LogP contribution in [0.2, 0.25) is 5.28 Å². The van der Waals surface area contributed by atoms with Crippen molar-refractivity contribution in [1.82, 2.24) is 20.2 Å². The van der Waals surface area contributed by atoms with E-state index in [4.69, 9.17) is 27.8 Å². The summed E-state index contributed by atoms with van der Waals surface area (Å²) < 4.78 is 19.9. The summed E-state index contributed by atoms with van der Waals surface area (Å²) in [7, 11) is 2.09. The maximum Gasteiger partial charge on any atom is 0.407 e. The molecule has 0 unspecified atom stereocenters. The fraction of sp³-hybridized carbons (Fsp3) is 0.520. The van der Waals surface area contributed by atoms with E-state index in [-0.39, 0.29) is 35.6 Å². The molecule has 1 aromatic carbocycles.